The standard InChI is InChI=1S/C11H22N2O/c1-11(5-3-7-14-9-11)13-8-10-4-2-6-12-10/h10,12-13H,2-9H2,1H3/t10-,11?/m1/s1. The van der Waals surface area contributed by atoms with Crippen LogP contribution < -0.4 is 10.6 Å². The van der Waals surface area contributed by atoms with Gasteiger partial charge in [0.1, 0.15) is 0 Å². The molecule has 0 aromatic heterocycles. The molecule has 0 radical (unpaired) electrons. The molecule has 0 saturated carbocycles. The molecule has 2 saturated heterocycles. The minimum Gasteiger partial charge on any atom is -0.380 e. The van der Waals surface area contributed by atoms with Crippen LogP contribution in [0.25, 0.3) is 0 Å². The van der Waals surface area contributed by atoms with Gasteiger partial charge in [0.25, 0.3) is 0 Å². The van der Waals surface area contributed by atoms with Gasteiger partial charge in [0, 0.05) is 24.7 Å². The van der Waals surface area contributed by atoms with Gasteiger partial charge >= 0.3 is 0 Å². The fourth-order valence-electron chi connectivity index (χ4n) is 2.37. The summed E-state index contributed by atoms with van der Waals surface area (Å²) >= 11 is 0. The molecule has 0 amide bonds. The normalized spacial score (nSPS) is 38.8. The molecule has 1 unspecified atom stereocenters. The van der Waals surface area contributed by atoms with Crippen LogP contribution in [0.3, 0.4) is 0 Å². The second-order valence-electron chi connectivity index (χ2n) is 4.89. The number of rotatable bonds is 3. The molecule has 2 heterocycles. The van der Waals surface area contributed by atoms with Crippen molar-refractivity contribution in [3.05, 3.63) is 0 Å². The number of ether oxygens (including phenoxy) is 1. The van der Waals surface area contributed by atoms with Crippen LogP contribution >= 0.6 is 0 Å². The van der Waals surface area contributed by atoms with Gasteiger partial charge in [-0.3, -0.25) is 0 Å². The van der Waals surface area contributed by atoms with Gasteiger partial charge in [-0.2, -0.15) is 0 Å². The summed E-state index contributed by atoms with van der Waals surface area (Å²) in [7, 11) is 0. The third kappa shape index (κ3) is 2.69. The van der Waals surface area contributed by atoms with Crippen LogP contribution in [-0.4, -0.2) is 37.9 Å². The molecule has 0 aromatic carbocycles. The van der Waals surface area contributed by atoms with Crippen molar-refractivity contribution in [3.63, 3.8) is 0 Å². The summed E-state index contributed by atoms with van der Waals surface area (Å²) in [5.41, 5.74) is 0.225. The van der Waals surface area contributed by atoms with Crippen molar-refractivity contribution >= 4 is 0 Å². The van der Waals surface area contributed by atoms with Crippen molar-refractivity contribution in [3.8, 4) is 0 Å². The second kappa shape index (κ2) is 4.60. The van der Waals surface area contributed by atoms with Crippen molar-refractivity contribution in [2.24, 2.45) is 0 Å². The second-order valence-corrected chi connectivity index (χ2v) is 4.89. The smallest absolute Gasteiger partial charge is 0.0645 e. The summed E-state index contributed by atoms with van der Waals surface area (Å²) in [6.07, 6.45) is 5.10. The molecule has 14 heavy (non-hydrogen) atoms. The maximum Gasteiger partial charge on any atom is 0.0645 e. The summed E-state index contributed by atoms with van der Waals surface area (Å²) in [4.78, 5) is 0. The number of hydrogen-bond donors (Lipinski definition) is 2. The molecule has 2 rings (SSSR count). The first-order valence-electron chi connectivity index (χ1n) is 5.85. The lowest BCUT2D eigenvalue weighted by molar-refractivity contribution is 0.0279. The minimum atomic E-state index is 0.225. The molecule has 3 nitrogen and oxygen atoms in total. The van der Waals surface area contributed by atoms with Gasteiger partial charge in [-0.1, -0.05) is 0 Å². The maximum atomic E-state index is 5.52. The van der Waals surface area contributed by atoms with Crippen LogP contribution in [0.4, 0.5) is 0 Å². The molecular formula is C11H22N2O. The van der Waals surface area contributed by atoms with E-state index in [0.717, 1.165) is 19.8 Å². The molecule has 0 spiro atoms. The van der Waals surface area contributed by atoms with Gasteiger partial charge in [0.05, 0.1) is 6.61 Å². The van der Waals surface area contributed by atoms with Gasteiger partial charge < -0.3 is 15.4 Å². The number of hydrogen-bond acceptors (Lipinski definition) is 3. The van der Waals surface area contributed by atoms with Gasteiger partial charge in [0.15, 0.2) is 0 Å². The first-order chi connectivity index (χ1) is 6.79. The van der Waals surface area contributed by atoms with Gasteiger partial charge in [0.2, 0.25) is 0 Å². The van der Waals surface area contributed by atoms with Crippen LogP contribution in [0.2, 0.25) is 0 Å². The van der Waals surface area contributed by atoms with Crippen molar-refractivity contribution in [2.45, 2.75) is 44.2 Å². The predicted molar refractivity (Wildman–Crippen MR) is 57.5 cm³/mol. The van der Waals surface area contributed by atoms with Crippen molar-refractivity contribution < 1.29 is 4.74 Å². The van der Waals surface area contributed by atoms with Gasteiger partial charge in [-0.15, -0.1) is 0 Å². The van der Waals surface area contributed by atoms with Crippen molar-refractivity contribution in [2.75, 3.05) is 26.3 Å². The Kier molecular flexibility index (Phi) is 3.42. The quantitative estimate of drug-likeness (QED) is 0.707. The third-order valence-corrected chi connectivity index (χ3v) is 3.38. The molecule has 0 aromatic rings. The Hall–Kier alpha value is -0.120. The summed E-state index contributed by atoms with van der Waals surface area (Å²) in [5.74, 6) is 0. The monoisotopic (exact) mass is 198 g/mol. The van der Waals surface area contributed by atoms with E-state index in [2.05, 4.69) is 17.6 Å². The van der Waals surface area contributed by atoms with E-state index in [1.165, 1.54) is 32.2 Å². The van der Waals surface area contributed by atoms with Crippen LogP contribution in [-0.2, 0) is 4.74 Å². The van der Waals surface area contributed by atoms with Crippen molar-refractivity contribution in [1.29, 1.82) is 0 Å². The van der Waals surface area contributed by atoms with Gasteiger partial charge in [-0.05, 0) is 39.2 Å². The van der Waals surface area contributed by atoms with E-state index in [0.29, 0.717) is 6.04 Å². The van der Waals surface area contributed by atoms with Crippen LogP contribution in [0.15, 0.2) is 0 Å². The van der Waals surface area contributed by atoms with E-state index in [1.807, 2.05) is 0 Å². The molecule has 0 aliphatic carbocycles. The van der Waals surface area contributed by atoms with Crippen LogP contribution in [0.1, 0.15) is 32.6 Å². The van der Waals surface area contributed by atoms with E-state index >= 15 is 0 Å². The van der Waals surface area contributed by atoms with E-state index in [-0.39, 0.29) is 5.54 Å². The lowest BCUT2D eigenvalue weighted by atomic mass is 9.94. The topological polar surface area (TPSA) is 33.3 Å². The Balaban J connectivity index is 1.72. The highest BCUT2D eigenvalue weighted by atomic mass is 16.5. The Morgan fingerprint density at radius 2 is 2.43 bits per heavy atom. The molecule has 2 atom stereocenters. The van der Waals surface area contributed by atoms with Gasteiger partial charge in [-0.25, -0.2) is 0 Å². The largest absolute Gasteiger partial charge is 0.380 e. The molecule has 2 N–H and O–H groups in total. The Morgan fingerprint density at radius 3 is 3.07 bits per heavy atom. The Labute approximate surface area is 86.6 Å². The lowest BCUT2D eigenvalue weighted by Crippen LogP contribution is -2.52. The van der Waals surface area contributed by atoms with Crippen LogP contribution in [0.5, 0.6) is 0 Å². The maximum absolute atomic E-state index is 5.52. The molecule has 2 fully saturated rings. The molecule has 3 heteroatoms. The van der Waals surface area contributed by atoms with E-state index in [4.69, 9.17) is 4.74 Å². The molecule has 0 bridgehead atoms. The lowest BCUT2D eigenvalue weighted by Gasteiger charge is -2.35. The molecular weight excluding hydrogens is 176 g/mol. The number of nitrogens with one attached hydrogen (secondary N) is 2. The predicted octanol–water partition coefficient (Wildman–Crippen LogP) is 0.897. The zero-order chi connectivity index (χ0) is 9.86. The van der Waals surface area contributed by atoms with E-state index in [1.54, 1.807) is 0 Å². The Morgan fingerprint density at radius 1 is 1.50 bits per heavy atom. The highest BCUT2D eigenvalue weighted by Crippen LogP contribution is 2.18. The third-order valence-electron chi connectivity index (χ3n) is 3.38. The zero-order valence-corrected chi connectivity index (χ0v) is 9.14. The highest BCUT2D eigenvalue weighted by Gasteiger charge is 2.28. The summed E-state index contributed by atoms with van der Waals surface area (Å²) in [6.45, 7) is 6.39. The SMILES string of the molecule is CC1(NC[C@H]2CCCN2)CCCOC1. The molecule has 2 aliphatic heterocycles. The first kappa shape index (κ1) is 10.4. The fraction of sp³-hybridized carbons (Fsp3) is 1.00. The summed E-state index contributed by atoms with van der Waals surface area (Å²) < 4.78 is 5.52. The summed E-state index contributed by atoms with van der Waals surface area (Å²) in [5, 5.41) is 7.16. The van der Waals surface area contributed by atoms with E-state index < -0.39 is 0 Å². The highest BCUT2D eigenvalue weighted by molar-refractivity contribution is 4.88. The first-order valence-corrected chi connectivity index (χ1v) is 5.85. The van der Waals surface area contributed by atoms with E-state index in [9.17, 15) is 0 Å². The molecule has 82 valence electrons. The average molecular weight is 198 g/mol. The average Bonchev–Trinajstić information content (AvgIpc) is 2.69. The fourth-order valence-corrected chi connectivity index (χ4v) is 2.37. The van der Waals surface area contributed by atoms with Crippen molar-refractivity contribution in [1.82, 2.24) is 10.6 Å². The zero-order valence-electron chi connectivity index (χ0n) is 9.14. The Bertz CT molecular complexity index is 172. The summed E-state index contributed by atoms with van der Waals surface area (Å²) in [6, 6.07) is 0.689. The van der Waals surface area contributed by atoms with Crippen LogP contribution in [0, 0.1) is 0 Å². The minimum absolute atomic E-state index is 0.225. The molecule has 2 aliphatic rings.